The third-order valence-corrected chi connectivity index (χ3v) is 4.91. The van der Waals surface area contributed by atoms with Crippen LogP contribution in [0.4, 0.5) is 5.69 Å². The van der Waals surface area contributed by atoms with E-state index in [0.29, 0.717) is 22.7 Å². The maximum absolute atomic E-state index is 13.0. The van der Waals surface area contributed by atoms with Gasteiger partial charge in [0.25, 0.3) is 11.6 Å². The average Bonchev–Trinajstić information content (AvgIpc) is 3.44. The number of aryl methyl sites for hydroxylation is 2. The number of nitrogens with one attached hydrogen (secondary N) is 1. The number of nitro groups is 1. The maximum atomic E-state index is 13.0. The molecule has 0 radical (unpaired) electrons. The van der Waals surface area contributed by atoms with E-state index in [0.717, 1.165) is 16.8 Å². The van der Waals surface area contributed by atoms with Crippen molar-refractivity contribution in [1.29, 1.82) is 0 Å². The predicted molar refractivity (Wildman–Crippen MR) is 115 cm³/mol. The highest BCUT2D eigenvalue weighted by molar-refractivity contribution is 5.94. The number of non-ortho nitro benzene ring substituents is 1. The lowest BCUT2D eigenvalue weighted by atomic mass is 10.1. The minimum atomic E-state index is -0.452. The molecule has 0 unspecified atom stereocenters. The maximum Gasteiger partial charge on any atom is 0.270 e. The summed E-state index contributed by atoms with van der Waals surface area (Å²) in [6, 6.07) is 17.2. The second kappa shape index (κ2) is 8.27. The minimum Gasteiger partial charge on any atom is -0.467 e. The largest absolute Gasteiger partial charge is 0.467 e. The van der Waals surface area contributed by atoms with Crippen molar-refractivity contribution in [3.05, 3.63) is 99.6 Å². The van der Waals surface area contributed by atoms with E-state index < -0.39 is 4.92 Å². The second-order valence-electron chi connectivity index (χ2n) is 7.18. The van der Waals surface area contributed by atoms with Crippen molar-refractivity contribution in [2.75, 3.05) is 0 Å². The van der Waals surface area contributed by atoms with Crippen LogP contribution in [0.25, 0.3) is 16.9 Å². The standard InChI is InChI=1S/C23H20N4O4/c1-15-5-6-16(2)21(12-15)26-22(23(28)24-14-19-4-3-11-31-19)13-20(25-26)17-7-9-18(10-8-17)27(29)30/h3-13H,14H2,1-2H3,(H,24,28). The highest BCUT2D eigenvalue weighted by Crippen LogP contribution is 2.25. The number of nitro benzene ring substituents is 1. The first-order valence-electron chi connectivity index (χ1n) is 9.65. The average molecular weight is 416 g/mol. The highest BCUT2D eigenvalue weighted by atomic mass is 16.6. The van der Waals surface area contributed by atoms with Gasteiger partial charge >= 0.3 is 0 Å². The molecule has 0 aliphatic rings. The number of hydrogen-bond donors (Lipinski definition) is 1. The van der Waals surface area contributed by atoms with Crippen LogP contribution in [0.3, 0.4) is 0 Å². The number of furan rings is 1. The Morgan fingerprint density at radius 2 is 1.90 bits per heavy atom. The molecule has 2 heterocycles. The van der Waals surface area contributed by atoms with Gasteiger partial charge in [-0.3, -0.25) is 14.9 Å². The van der Waals surface area contributed by atoms with E-state index in [-0.39, 0.29) is 18.1 Å². The molecule has 0 aliphatic carbocycles. The van der Waals surface area contributed by atoms with E-state index in [4.69, 9.17) is 4.42 Å². The van der Waals surface area contributed by atoms with Crippen molar-refractivity contribution in [3.63, 3.8) is 0 Å². The zero-order chi connectivity index (χ0) is 22.0. The van der Waals surface area contributed by atoms with E-state index >= 15 is 0 Å². The van der Waals surface area contributed by atoms with Crippen LogP contribution in [0, 0.1) is 24.0 Å². The van der Waals surface area contributed by atoms with Crippen LogP contribution in [-0.2, 0) is 6.54 Å². The summed E-state index contributed by atoms with van der Waals surface area (Å²) in [6.45, 7) is 4.17. The summed E-state index contributed by atoms with van der Waals surface area (Å²) in [5, 5.41) is 18.5. The van der Waals surface area contributed by atoms with Gasteiger partial charge in [0, 0.05) is 17.7 Å². The number of nitrogens with zero attached hydrogens (tertiary/aromatic N) is 3. The molecule has 0 aliphatic heterocycles. The molecule has 0 saturated heterocycles. The van der Waals surface area contributed by atoms with Crippen molar-refractivity contribution in [2.24, 2.45) is 0 Å². The number of carbonyl (C=O) groups is 1. The molecule has 0 atom stereocenters. The van der Waals surface area contributed by atoms with Gasteiger partial charge in [0.05, 0.1) is 29.1 Å². The number of benzene rings is 2. The molecule has 2 aromatic carbocycles. The molecule has 2 aromatic heterocycles. The smallest absolute Gasteiger partial charge is 0.270 e. The molecule has 8 nitrogen and oxygen atoms in total. The zero-order valence-corrected chi connectivity index (χ0v) is 17.0. The Kier molecular flexibility index (Phi) is 5.36. The van der Waals surface area contributed by atoms with Crippen molar-refractivity contribution < 1.29 is 14.1 Å². The van der Waals surface area contributed by atoms with E-state index in [2.05, 4.69) is 10.4 Å². The third kappa shape index (κ3) is 4.23. The Balaban J connectivity index is 1.75. The van der Waals surface area contributed by atoms with E-state index in [1.165, 1.54) is 12.1 Å². The fourth-order valence-electron chi connectivity index (χ4n) is 3.24. The van der Waals surface area contributed by atoms with Crippen LogP contribution in [0.15, 0.2) is 71.3 Å². The summed E-state index contributed by atoms with van der Waals surface area (Å²) < 4.78 is 6.89. The van der Waals surface area contributed by atoms with Crippen LogP contribution in [-0.4, -0.2) is 20.6 Å². The molecule has 0 bridgehead atoms. The number of amides is 1. The molecule has 8 heteroatoms. The minimum absolute atomic E-state index is 0.00544. The highest BCUT2D eigenvalue weighted by Gasteiger charge is 2.19. The molecule has 1 amide bonds. The lowest BCUT2D eigenvalue weighted by Gasteiger charge is -2.11. The van der Waals surface area contributed by atoms with Crippen LogP contribution < -0.4 is 5.32 Å². The molecule has 156 valence electrons. The molecule has 0 fully saturated rings. The van der Waals surface area contributed by atoms with Gasteiger partial charge in [-0.2, -0.15) is 5.10 Å². The molecule has 0 saturated carbocycles. The van der Waals surface area contributed by atoms with Crippen molar-refractivity contribution in [1.82, 2.24) is 15.1 Å². The first kappa shape index (κ1) is 20.1. The lowest BCUT2D eigenvalue weighted by Crippen LogP contribution is -2.25. The van der Waals surface area contributed by atoms with Crippen molar-refractivity contribution >= 4 is 11.6 Å². The SMILES string of the molecule is Cc1ccc(C)c(-n2nc(-c3ccc([N+](=O)[O-])cc3)cc2C(=O)NCc2ccco2)c1. The Morgan fingerprint density at radius 1 is 1.13 bits per heavy atom. The molecule has 31 heavy (non-hydrogen) atoms. The summed E-state index contributed by atoms with van der Waals surface area (Å²) in [5.74, 6) is 0.333. The van der Waals surface area contributed by atoms with E-state index in [1.54, 1.807) is 41.3 Å². The quantitative estimate of drug-likeness (QED) is 0.366. The molecule has 1 N–H and O–H groups in total. The van der Waals surface area contributed by atoms with Crippen LogP contribution in [0.5, 0.6) is 0 Å². The molecule has 4 rings (SSSR count). The fourth-order valence-corrected chi connectivity index (χ4v) is 3.24. The van der Waals surface area contributed by atoms with Gasteiger partial charge in [0.1, 0.15) is 11.5 Å². The summed E-state index contributed by atoms with van der Waals surface area (Å²) in [4.78, 5) is 23.5. The van der Waals surface area contributed by atoms with Gasteiger partial charge in [-0.25, -0.2) is 4.68 Å². The Morgan fingerprint density at radius 3 is 2.58 bits per heavy atom. The van der Waals surface area contributed by atoms with Crippen LogP contribution >= 0.6 is 0 Å². The van der Waals surface area contributed by atoms with Crippen molar-refractivity contribution in [3.8, 4) is 16.9 Å². The molecular formula is C23H20N4O4. The monoisotopic (exact) mass is 416 g/mol. The van der Waals surface area contributed by atoms with Gasteiger partial charge in [-0.1, -0.05) is 12.1 Å². The molecular weight excluding hydrogens is 396 g/mol. The number of hydrogen-bond acceptors (Lipinski definition) is 5. The van der Waals surface area contributed by atoms with Crippen LogP contribution in [0.2, 0.25) is 0 Å². The first-order chi connectivity index (χ1) is 14.9. The Hall–Kier alpha value is -4.20. The second-order valence-corrected chi connectivity index (χ2v) is 7.18. The van der Waals surface area contributed by atoms with E-state index in [1.807, 2.05) is 32.0 Å². The summed E-state index contributed by atoms with van der Waals surface area (Å²) in [6.07, 6.45) is 1.55. The predicted octanol–water partition coefficient (Wildman–Crippen LogP) is 4.59. The third-order valence-electron chi connectivity index (χ3n) is 4.91. The number of rotatable bonds is 6. The summed E-state index contributed by atoms with van der Waals surface area (Å²) >= 11 is 0. The normalized spacial score (nSPS) is 10.8. The van der Waals surface area contributed by atoms with Gasteiger partial charge in [0.2, 0.25) is 0 Å². The molecule has 4 aromatic rings. The number of carbonyl (C=O) groups excluding carboxylic acids is 1. The Bertz CT molecular complexity index is 1240. The van der Waals surface area contributed by atoms with E-state index in [9.17, 15) is 14.9 Å². The van der Waals surface area contributed by atoms with Crippen molar-refractivity contribution in [2.45, 2.75) is 20.4 Å². The lowest BCUT2D eigenvalue weighted by molar-refractivity contribution is -0.384. The first-order valence-corrected chi connectivity index (χ1v) is 9.65. The topological polar surface area (TPSA) is 103 Å². The fraction of sp³-hybridized carbons (Fsp3) is 0.130. The Labute approximate surface area is 178 Å². The van der Waals surface area contributed by atoms with Gasteiger partial charge in [-0.15, -0.1) is 0 Å². The van der Waals surface area contributed by atoms with Crippen LogP contribution in [0.1, 0.15) is 27.4 Å². The van der Waals surface area contributed by atoms with Gasteiger partial charge < -0.3 is 9.73 Å². The van der Waals surface area contributed by atoms with Gasteiger partial charge in [0.15, 0.2) is 0 Å². The van der Waals surface area contributed by atoms with Gasteiger partial charge in [-0.05, 0) is 61.4 Å². The zero-order valence-electron chi connectivity index (χ0n) is 17.0. The number of aromatic nitrogens is 2. The summed E-state index contributed by atoms with van der Waals surface area (Å²) in [7, 11) is 0. The summed E-state index contributed by atoms with van der Waals surface area (Å²) in [5.41, 5.74) is 4.35. The molecule has 0 spiro atoms.